The summed E-state index contributed by atoms with van der Waals surface area (Å²) in [6, 6.07) is 5.75. The molecule has 0 bridgehead atoms. The highest BCUT2D eigenvalue weighted by atomic mass is 79.9. The Labute approximate surface area is 141 Å². The molecule has 0 aromatic heterocycles. The maximum Gasteiger partial charge on any atom is 0.255 e. The van der Waals surface area contributed by atoms with Crippen molar-refractivity contribution in [1.29, 1.82) is 0 Å². The van der Waals surface area contributed by atoms with E-state index in [4.69, 9.17) is 0 Å². The first-order chi connectivity index (χ1) is 10.0. The van der Waals surface area contributed by atoms with Crippen LogP contribution in [0, 0.1) is 0 Å². The molecule has 1 saturated heterocycles. The van der Waals surface area contributed by atoms with Crippen LogP contribution in [0.5, 0.6) is 0 Å². The Morgan fingerprint density at radius 1 is 1.29 bits per heavy atom. The zero-order chi connectivity index (χ0) is 15.4. The molecule has 0 saturated carbocycles. The zero-order valence-corrected chi connectivity index (χ0v) is 15.0. The lowest BCUT2D eigenvalue weighted by molar-refractivity contribution is -0.121. The van der Waals surface area contributed by atoms with Crippen molar-refractivity contribution >= 4 is 43.7 Å². The number of rotatable bonds is 3. The summed E-state index contributed by atoms with van der Waals surface area (Å²) in [7, 11) is 0. The SMILES string of the molecule is CCC(=O)NC1CCN(C(=O)c2ccc(Br)cc2Br)CC1. The molecule has 4 nitrogen and oxygen atoms in total. The molecule has 1 aromatic carbocycles. The molecule has 1 heterocycles. The molecule has 1 aliphatic heterocycles. The van der Waals surface area contributed by atoms with Crippen LogP contribution in [-0.4, -0.2) is 35.8 Å². The van der Waals surface area contributed by atoms with Gasteiger partial charge >= 0.3 is 0 Å². The van der Waals surface area contributed by atoms with Crippen LogP contribution in [-0.2, 0) is 4.79 Å². The van der Waals surface area contributed by atoms with Crippen molar-refractivity contribution in [2.24, 2.45) is 0 Å². The summed E-state index contributed by atoms with van der Waals surface area (Å²) in [4.78, 5) is 25.8. The molecule has 1 aromatic rings. The Morgan fingerprint density at radius 2 is 1.95 bits per heavy atom. The Morgan fingerprint density at radius 3 is 2.52 bits per heavy atom. The zero-order valence-electron chi connectivity index (χ0n) is 11.9. The van der Waals surface area contributed by atoms with Crippen molar-refractivity contribution in [2.45, 2.75) is 32.2 Å². The quantitative estimate of drug-likeness (QED) is 0.819. The van der Waals surface area contributed by atoms with Gasteiger partial charge in [0.05, 0.1) is 5.56 Å². The third-order valence-electron chi connectivity index (χ3n) is 3.63. The molecule has 1 fully saturated rings. The predicted molar refractivity (Wildman–Crippen MR) is 89.2 cm³/mol. The van der Waals surface area contributed by atoms with Crippen LogP contribution in [0.3, 0.4) is 0 Å². The second kappa shape index (κ2) is 7.40. The first-order valence-corrected chi connectivity index (χ1v) is 8.63. The van der Waals surface area contributed by atoms with Gasteiger partial charge in [-0.15, -0.1) is 0 Å². The van der Waals surface area contributed by atoms with Gasteiger partial charge in [-0.2, -0.15) is 0 Å². The molecule has 2 rings (SSSR count). The minimum absolute atomic E-state index is 0.0367. The van der Waals surface area contributed by atoms with Gasteiger partial charge in [0, 0.05) is 34.5 Å². The van der Waals surface area contributed by atoms with E-state index in [9.17, 15) is 9.59 Å². The molecule has 6 heteroatoms. The molecule has 0 spiro atoms. The van der Waals surface area contributed by atoms with E-state index >= 15 is 0 Å². The van der Waals surface area contributed by atoms with Gasteiger partial charge in [0.2, 0.25) is 5.91 Å². The number of benzene rings is 1. The highest BCUT2D eigenvalue weighted by Gasteiger charge is 2.25. The number of halogens is 2. The van der Waals surface area contributed by atoms with E-state index in [1.54, 1.807) is 0 Å². The minimum Gasteiger partial charge on any atom is -0.353 e. The molecule has 0 atom stereocenters. The van der Waals surface area contributed by atoms with Gasteiger partial charge in [0.15, 0.2) is 0 Å². The van der Waals surface area contributed by atoms with Crippen molar-refractivity contribution in [3.8, 4) is 0 Å². The smallest absolute Gasteiger partial charge is 0.255 e. The van der Waals surface area contributed by atoms with E-state index in [1.165, 1.54) is 0 Å². The summed E-state index contributed by atoms with van der Waals surface area (Å²) in [6.07, 6.45) is 2.13. The van der Waals surface area contributed by atoms with Crippen LogP contribution in [0.25, 0.3) is 0 Å². The molecule has 1 aliphatic rings. The van der Waals surface area contributed by atoms with Crippen LogP contribution >= 0.6 is 31.9 Å². The summed E-state index contributed by atoms with van der Waals surface area (Å²) in [5.74, 6) is 0.116. The van der Waals surface area contributed by atoms with Crippen molar-refractivity contribution in [2.75, 3.05) is 13.1 Å². The number of hydrogen-bond donors (Lipinski definition) is 1. The normalized spacial score (nSPS) is 15.9. The Kier molecular flexibility index (Phi) is 5.81. The Balaban J connectivity index is 1.95. The van der Waals surface area contributed by atoms with Gasteiger partial charge in [-0.1, -0.05) is 22.9 Å². The molecular weight excluding hydrogens is 400 g/mol. The minimum atomic E-state index is 0.0367. The maximum absolute atomic E-state index is 12.5. The van der Waals surface area contributed by atoms with Crippen LogP contribution in [0.2, 0.25) is 0 Å². The van der Waals surface area contributed by atoms with Gasteiger partial charge in [0.1, 0.15) is 0 Å². The van der Waals surface area contributed by atoms with Crippen molar-refractivity contribution in [1.82, 2.24) is 10.2 Å². The summed E-state index contributed by atoms with van der Waals surface area (Å²) >= 11 is 6.82. The number of carbonyl (C=O) groups is 2. The second-order valence-electron chi connectivity index (χ2n) is 5.11. The average Bonchev–Trinajstić information content (AvgIpc) is 2.47. The topological polar surface area (TPSA) is 49.4 Å². The third-order valence-corrected chi connectivity index (χ3v) is 4.78. The number of likely N-dealkylation sites (tertiary alicyclic amines) is 1. The van der Waals surface area contributed by atoms with Crippen molar-refractivity contribution in [3.63, 3.8) is 0 Å². The van der Waals surface area contributed by atoms with E-state index in [-0.39, 0.29) is 17.9 Å². The number of nitrogens with one attached hydrogen (secondary N) is 1. The number of nitrogens with zero attached hydrogens (tertiary/aromatic N) is 1. The second-order valence-corrected chi connectivity index (χ2v) is 6.88. The Hall–Kier alpha value is -0.880. The fourth-order valence-corrected chi connectivity index (χ4v) is 3.61. The summed E-state index contributed by atoms with van der Waals surface area (Å²) in [5.41, 5.74) is 0.675. The number of amides is 2. The molecule has 0 radical (unpaired) electrons. The lowest BCUT2D eigenvalue weighted by atomic mass is 10.0. The monoisotopic (exact) mass is 416 g/mol. The first kappa shape index (κ1) is 16.5. The maximum atomic E-state index is 12.5. The summed E-state index contributed by atoms with van der Waals surface area (Å²) < 4.78 is 1.73. The largest absolute Gasteiger partial charge is 0.353 e. The van der Waals surface area contributed by atoms with Crippen LogP contribution in [0.1, 0.15) is 36.5 Å². The standard InChI is InChI=1S/C15H18Br2N2O2/c1-2-14(20)18-11-5-7-19(8-6-11)15(21)12-4-3-10(16)9-13(12)17/h3-4,9,11H,2,5-8H2,1H3,(H,18,20). The van der Waals surface area contributed by atoms with E-state index in [2.05, 4.69) is 37.2 Å². The molecule has 0 unspecified atom stereocenters. The third kappa shape index (κ3) is 4.30. The van der Waals surface area contributed by atoms with Crippen LogP contribution in [0.4, 0.5) is 0 Å². The lowest BCUT2D eigenvalue weighted by Crippen LogP contribution is -2.46. The molecule has 114 valence electrons. The predicted octanol–water partition coefficient (Wildman–Crippen LogP) is 3.34. The van der Waals surface area contributed by atoms with Gasteiger partial charge in [0.25, 0.3) is 5.91 Å². The fourth-order valence-electron chi connectivity index (χ4n) is 2.39. The van der Waals surface area contributed by atoms with Crippen LogP contribution in [0.15, 0.2) is 27.1 Å². The van der Waals surface area contributed by atoms with Gasteiger partial charge in [-0.25, -0.2) is 0 Å². The highest BCUT2D eigenvalue weighted by molar-refractivity contribution is 9.11. The van der Waals surface area contributed by atoms with E-state index in [0.717, 1.165) is 21.8 Å². The Bertz CT molecular complexity index is 540. The van der Waals surface area contributed by atoms with Gasteiger partial charge in [-0.05, 0) is 47.0 Å². The molecule has 1 N–H and O–H groups in total. The van der Waals surface area contributed by atoms with Crippen LogP contribution < -0.4 is 5.32 Å². The molecule has 2 amide bonds. The summed E-state index contributed by atoms with van der Waals surface area (Å²) in [5, 5.41) is 2.99. The van der Waals surface area contributed by atoms with Crippen molar-refractivity contribution < 1.29 is 9.59 Å². The summed E-state index contributed by atoms with van der Waals surface area (Å²) in [6.45, 7) is 3.20. The fraction of sp³-hybridized carbons (Fsp3) is 0.467. The highest BCUT2D eigenvalue weighted by Crippen LogP contribution is 2.24. The van der Waals surface area contributed by atoms with Crippen molar-refractivity contribution in [3.05, 3.63) is 32.7 Å². The van der Waals surface area contributed by atoms with E-state index < -0.39 is 0 Å². The lowest BCUT2D eigenvalue weighted by Gasteiger charge is -2.32. The number of piperidine rings is 1. The van der Waals surface area contributed by atoms with E-state index in [0.29, 0.717) is 25.1 Å². The number of carbonyl (C=O) groups excluding carboxylic acids is 2. The van der Waals surface area contributed by atoms with Gasteiger partial charge < -0.3 is 10.2 Å². The number of hydrogen-bond acceptors (Lipinski definition) is 2. The van der Waals surface area contributed by atoms with E-state index in [1.807, 2.05) is 30.0 Å². The van der Waals surface area contributed by atoms with Gasteiger partial charge in [-0.3, -0.25) is 9.59 Å². The molecule has 0 aliphatic carbocycles. The molecule has 21 heavy (non-hydrogen) atoms. The first-order valence-electron chi connectivity index (χ1n) is 7.05. The average molecular weight is 418 g/mol. The molecular formula is C15H18Br2N2O2.